The van der Waals surface area contributed by atoms with Crippen molar-refractivity contribution in [2.45, 2.75) is 0 Å². The summed E-state index contributed by atoms with van der Waals surface area (Å²) in [6.45, 7) is 0. The lowest BCUT2D eigenvalue weighted by Crippen LogP contribution is -2.12. The first-order chi connectivity index (χ1) is 14.2. The summed E-state index contributed by atoms with van der Waals surface area (Å²) < 4.78 is 0.904. The Hall–Kier alpha value is -3.17. The van der Waals surface area contributed by atoms with Crippen molar-refractivity contribution in [1.29, 1.82) is 0 Å². The van der Waals surface area contributed by atoms with Crippen molar-refractivity contribution in [3.8, 4) is 22.3 Å². The van der Waals surface area contributed by atoms with Gasteiger partial charge in [-0.25, -0.2) is 0 Å². The molecule has 3 aromatic rings. The monoisotopic (exact) mass is 437 g/mol. The summed E-state index contributed by atoms with van der Waals surface area (Å²) in [6, 6.07) is 26.8. The first kappa shape index (κ1) is 16.8. The fourth-order valence-corrected chi connectivity index (χ4v) is 5.50. The van der Waals surface area contributed by atoms with Gasteiger partial charge >= 0.3 is 0 Å². The van der Waals surface area contributed by atoms with E-state index < -0.39 is 0 Å². The van der Waals surface area contributed by atoms with Crippen molar-refractivity contribution >= 4 is 48.8 Å². The second-order valence-corrected chi connectivity index (χ2v) is 8.27. The van der Waals surface area contributed by atoms with Crippen LogP contribution in [0.2, 0.25) is 0 Å². The van der Waals surface area contributed by atoms with Crippen molar-refractivity contribution in [2.75, 3.05) is 11.9 Å². The molecule has 0 radical (unpaired) electrons. The molecule has 3 aliphatic rings. The number of rotatable bonds is 2. The standard InChI is InChI=1S/C26H16BrNO/c1-28(15-9-3-2-4-10-15)25-19-14-8-6-12-17(19)21-20-16-11-5-7-13-18(16)24(27)22(20)26(29)23(21)25/h2-14H,1H3. The van der Waals surface area contributed by atoms with E-state index in [1.54, 1.807) is 0 Å². The molecule has 0 saturated carbocycles. The summed E-state index contributed by atoms with van der Waals surface area (Å²) in [5, 5.41) is 4.48. The molecule has 0 unspecified atom stereocenters. The van der Waals surface area contributed by atoms with E-state index in [0.29, 0.717) is 0 Å². The van der Waals surface area contributed by atoms with Crippen LogP contribution in [0.25, 0.3) is 43.8 Å². The van der Waals surface area contributed by atoms with E-state index >= 15 is 0 Å². The Bertz CT molecular complexity index is 1490. The van der Waals surface area contributed by atoms with Crippen molar-refractivity contribution in [3.63, 3.8) is 0 Å². The van der Waals surface area contributed by atoms with Crippen LogP contribution < -0.4 is 10.3 Å². The van der Waals surface area contributed by atoms with E-state index in [9.17, 15) is 4.79 Å². The molecule has 0 amide bonds. The van der Waals surface area contributed by atoms with Gasteiger partial charge in [-0.1, -0.05) is 66.7 Å². The fraction of sp³-hybridized carbons (Fsp3) is 0.0385. The quantitative estimate of drug-likeness (QED) is 0.291. The van der Waals surface area contributed by atoms with Crippen LogP contribution in [0, 0.1) is 0 Å². The summed E-state index contributed by atoms with van der Waals surface area (Å²) in [4.78, 5) is 15.9. The van der Waals surface area contributed by atoms with E-state index in [2.05, 4.69) is 63.3 Å². The van der Waals surface area contributed by atoms with Crippen LogP contribution >= 0.6 is 15.9 Å². The highest BCUT2D eigenvalue weighted by molar-refractivity contribution is 9.10. The Kier molecular flexibility index (Phi) is 3.42. The Morgan fingerprint density at radius 2 is 1.14 bits per heavy atom. The molecule has 0 N–H and O–H groups in total. The molecule has 0 bridgehead atoms. The number of hydrogen-bond acceptors (Lipinski definition) is 2. The predicted octanol–water partition coefficient (Wildman–Crippen LogP) is 6.97. The van der Waals surface area contributed by atoms with Gasteiger partial charge in [0.1, 0.15) is 0 Å². The summed E-state index contributed by atoms with van der Waals surface area (Å²) in [5.41, 5.74) is 5.90. The van der Waals surface area contributed by atoms with Crippen molar-refractivity contribution in [3.05, 3.63) is 93.6 Å². The molecule has 29 heavy (non-hydrogen) atoms. The highest BCUT2D eigenvalue weighted by atomic mass is 79.9. The fourth-order valence-electron chi connectivity index (χ4n) is 4.77. The van der Waals surface area contributed by atoms with E-state index in [1.807, 2.05) is 43.4 Å². The lowest BCUT2D eigenvalue weighted by atomic mass is 10.0. The van der Waals surface area contributed by atoms with Crippen LogP contribution in [-0.4, -0.2) is 7.05 Å². The highest BCUT2D eigenvalue weighted by Crippen LogP contribution is 2.55. The Balaban J connectivity index is 1.82. The lowest BCUT2D eigenvalue weighted by Gasteiger charge is -2.20. The third-order valence-electron chi connectivity index (χ3n) is 6.02. The third-order valence-corrected chi connectivity index (χ3v) is 6.85. The van der Waals surface area contributed by atoms with Crippen molar-refractivity contribution in [2.24, 2.45) is 0 Å². The van der Waals surface area contributed by atoms with Crippen LogP contribution in [0.5, 0.6) is 0 Å². The molecular weight excluding hydrogens is 422 g/mol. The average Bonchev–Trinajstić information content (AvgIpc) is 3.36. The maximum atomic E-state index is 13.7. The largest absolute Gasteiger partial charge is 0.343 e. The minimum Gasteiger partial charge on any atom is -0.343 e. The van der Waals surface area contributed by atoms with Gasteiger partial charge in [-0.15, -0.1) is 0 Å². The molecule has 0 atom stereocenters. The van der Waals surface area contributed by atoms with Gasteiger partial charge in [-0.3, -0.25) is 4.79 Å². The number of para-hydroxylation sites is 1. The van der Waals surface area contributed by atoms with Gasteiger partial charge in [0.25, 0.3) is 0 Å². The smallest absolute Gasteiger partial charge is 0.197 e. The molecular formula is C26H16BrNO. The Morgan fingerprint density at radius 3 is 1.83 bits per heavy atom. The topological polar surface area (TPSA) is 20.3 Å². The van der Waals surface area contributed by atoms with Gasteiger partial charge in [0.05, 0.1) is 11.3 Å². The molecule has 6 rings (SSSR count). The number of fused-ring (bicyclic) bond motifs is 7. The van der Waals surface area contributed by atoms with Gasteiger partial charge in [0.2, 0.25) is 0 Å². The number of anilines is 2. The van der Waals surface area contributed by atoms with Gasteiger partial charge in [-0.2, -0.15) is 0 Å². The molecule has 3 aromatic carbocycles. The normalized spacial score (nSPS) is 11.9. The Labute approximate surface area is 176 Å². The maximum absolute atomic E-state index is 13.7. The van der Waals surface area contributed by atoms with E-state index in [4.69, 9.17) is 0 Å². The first-order valence-electron chi connectivity index (χ1n) is 9.60. The molecule has 0 saturated heterocycles. The predicted molar refractivity (Wildman–Crippen MR) is 126 cm³/mol. The summed E-state index contributed by atoms with van der Waals surface area (Å²) in [7, 11) is 2.04. The zero-order valence-corrected chi connectivity index (χ0v) is 17.3. The highest BCUT2D eigenvalue weighted by Gasteiger charge is 2.35. The molecule has 3 heteroatoms. The molecule has 3 aliphatic carbocycles. The molecule has 0 aromatic heterocycles. The molecule has 0 spiro atoms. The minimum absolute atomic E-state index is 0.104. The third kappa shape index (κ3) is 2.08. The van der Waals surface area contributed by atoms with Crippen molar-refractivity contribution < 1.29 is 0 Å². The van der Waals surface area contributed by atoms with Gasteiger partial charge < -0.3 is 4.90 Å². The second kappa shape index (κ2) is 5.91. The Morgan fingerprint density at radius 1 is 0.621 bits per heavy atom. The van der Waals surface area contributed by atoms with Crippen LogP contribution in [0.4, 0.5) is 11.4 Å². The van der Waals surface area contributed by atoms with E-state index in [0.717, 1.165) is 59.6 Å². The number of hydrogen-bond donors (Lipinski definition) is 0. The summed E-state index contributed by atoms with van der Waals surface area (Å²) in [6.07, 6.45) is 0. The van der Waals surface area contributed by atoms with E-state index in [-0.39, 0.29) is 5.43 Å². The lowest BCUT2D eigenvalue weighted by molar-refractivity contribution is 1.23. The van der Waals surface area contributed by atoms with Gasteiger partial charge in [0, 0.05) is 39.3 Å². The average molecular weight is 438 g/mol. The van der Waals surface area contributed by atoms with Crippen LogP contribution in [0.3, 0.4) is 0 Å². The van der Waals surface area contributed by atoms with E-state index in [1.165, 1.54) is 0 Å². The van der Waals surface area contributed by atoms with Crippen LogP contribution in [0.15, 0.2) is 88.1 Å². The van der Waals surface area contributed by atoms with Crippen LogP contribution in [-0.2, 0) is 0 Å². The minimum atomic E-state index is 0.104. The first-order valence-corrected chi connectivity index (χ1v) is 10.4. The number of benzene rings is 3. The molecule has 138 valence electrons. The SMILES string of the molecule is CN(c1ccccc1)c1c2c(=O)c3c(Br)c4ccccc4c-3c-2c2ccccc12. The molecule has 0 fully saturated rings. The zero-order chi connectivity index (χ0) is 19.7. The van der Waals surface area contributed by atoms with Crippen LogP contribution in [0.1, 0.15) is 0 Å². The molecule has 0 heterocycles. The molecule has 2 nitrogen and oxygen atoms in total. The number of halogens is 1. The van der Waals surface area contributed by atoms with Gasteiger partial charge in [-0.05, 0) is 44.2 Å². The van der Waals surface area contributed by atoms with Crippen molar-refractivity contribution in [1.82, 2.24) is 0 Å². The summed E-state index contributed by atoms with van der Waals surface area (Å²) in [5.74, 6) is 0. The van der Waals surface area contributed by atoms with Gasteiger partial charge in [0.15, 0.2) is 5.43 Å². The number of nitrogens with zero attached hydrogens (tertiary/aromatic N) is 1. The maximum Gasteiger partial charge on any atom is 0.197 e. The second-order valence-electron chi connectivity index (χ2n) is 7.48. The summed E-state index contributed by atoms with van der Waals surface area (Å²) >= 11 is 3.72. The zero-order valence-electron chi connectivity index (χ0n) is 15.7. The molecule has 0 aliphatic heterocycles.